The molecule has 1 aromatic carbocycles. The number of carbonyl (C=O) groups excluding carboxylic acids is 1. The number of nitrogens with one attached hydrogen (secondary N) is 1. The molecule has 3 aromatic rings. The molecular weight excluding hydrogens is 405 g/mol. The summed E-state index contributed by atoms with van der Waals surface area (Å²) in [5.41, 5.74) is 0.777. The highest BCUT2D eigenvalue weighted by Crippen LogP contribution is 2.33. The number of hydrogen-bond acceptors (Lipinski definition) is 4. The van der Waals surface area contributed by atoms with E-state index in [4.69, 9.17) is 34.8 Å². The van der Waals surface area contributed by atoms with E-state index in [1.54, 1.807) is 6.92 Å². The van der Waals surface area contributed by atoms with Crippen LogP contribution < -0.4 is 10.9 Å². The molecule has 0 atom stereocenters. The normalized spacial score (nSPS) is 11.1. The largest absolute Gasteiger partial charge is 0.320 e. The standard InChI is InChI=1S/C16H12Cl3N3O2S/c1-3-22-6-20-15-12(16(22)24)7(2)13(25-15)14(23)21-11-5-9(18)8(17)4-10(11)19/h4-6H,3H2,1-2H3,(H,21,23). The monoisotopic (exact) mass is 415 g/mol. The second kappa shape index (κ2) is 6.96. The average molecular weight is 417 g/mol. The molecule has 0 aliphatic rings. The molecule has 9 heteroatoms. The molecule has 0 aliphatic heterocycles. The van der Waals surface area contributed by atoms with Crippen LogP contribution in [-0.2, 0) is 6.54 Å². The maximum atomic E-state index is 12.6. The number of benzene rings is 1. The summed E-state index contributed by atoms with van der Waals surface area (Å²) in [6.07, 6.45) is 1.48. The quantitative estimate of drug-likeness (QED) is 0.611. The molecule has 0 radical (unpaired) electrons. The zero-order chi connectivity index (χ0) is 18.3. The van der Waals surface area contributed by atoms with Crippen molar-refractivity contribution in [2.75, 3.05) is 5.32 Å². The fourth-order valence-corrected chi connectivity index (χ4v) is 4.03. The van der Waals surface area contributed by atoms with Crippen LogP contribution in [0.1, 0.15) is 22.2 Å². The number of nitrogens with zero attached hydrogens (tertiary/aromatic N) is 2. The Hall–Kier alpha value is -1.60. The Kier molecular flexibility index (Phi) is 5.06. The van der Waals surface area contributed by atoms with Crippen molar-refractivity contribution < 1.29 is 4.79 Å². The molecule has 0 fully saturated rings. The third-order valence-corrected chi connectivity index (χ3v) is 5.96. The summed E-state index contributed by atoms with van der Waals surface area (Å²) in [4.78, 5) is 30.3. The lowest BCUT2D eigenvalue weighted by Gasteiger charge is -2.08. The van der Waals surface area contributed by atoms with Gasteiger partial charge in [-0.05, 0) is 31.5 Å². The Morgan fingerprint density at radius 1 is 1.24 bits per heavy atom. The highest BCUT2D eigenvalue weighted by Gasteiger charge is 2.20. The van der Waals surface area contributed by atoms with Gasteiger partial charge < -0.3 is 5.32 Å². The van der Waals surface area contributed by atoms with Crippen LogP contribution in [0.5, 0.6) is 0 Å². The van der Waals surface area contributed by atoms with Crippen LogP contribution in [0.25, 0.3) is 10.2 Å². The number of rotatable bonds is 3. The summed E-state index contributed by atoms with van der Waals surface area (Å²) >= 11 is 19.1. The minimum absolute atomic E-state index is 0.159. The number of thiophene rings is 1. The summed E-state index contributed by atoms with van der Waals surface area (Å²) in [5.74, 6) is -0.386. The molecule has 5 nitrogen and oxygen atoms in total. The van der Waals surface area contributed by atoms with Gasteiger partial charge in [0.05, 0.1) is 37.3 Å². The molecule has 0 spiro atoms. The first-order valence-corrected chi connectivity index (χ1v) is 9.23. The van der Waals surface area contributed by atoms with Crippen molar-refractivity contribution in [3.8, 4) is 0 Å². The zero-order valence-corrected chi connectivity index (χ0v) is 16.3. The second-order valence-electron chi connectivity index (χ2n) is 5.27. The van der Waals surface area contributed by atoms with Gasteiger partial charge in [-0.1, -0.05) is 34.8 Å². The van der Waals surface area contributed by atoms with E-state index >= 15 is 0 Å². The third kappa shape index (κ3) is 3.27. The molecule has 0 unspecified atom stereocenters. The minimum atomic E-state index is -0.386. The highest BCUT2D eigenvalue weighted by molar-refractivity contribution is 7.20. The van der Waals surface area contributed by atoms with Gasteiger partial charge in [0.1, 0.15) is 4.83 Å². The van der Waals surface area contributed by atoms with Crippen LogP contribution in [0.15, 0.2) is 23.3 Å². The van der Waals surface area contributed by atoms with Crippen LogP contribution in [-0.4, -0.2) is 15.5 Å². The highest BCUT2D eigenvalue weighted by atomic mass is 35.5. The Balaban J connectivity index is 2.04. The van der Waals surface area contributed by atoms with E-state index in [0.29, 0.717) is 37.9 Å². The molecule has 2 aromatic heterocycles. The van der Waals surface area contributed by atoms with Gasteiger partial charge in [0.15, 0.2) is 0 Å². The van der Waals surface area contributed by atoms with E-state index in [0.717, 1.165) is 11.3 Å². The number of fused-ring (bicyclic) bond motifs is 1. The van der Waals surface area contributed by atoms with Crippen molar-refractivity contribution in [2.24, 2.45) is 0 Å². The van der Waals surface area contributed by atoms with Crippen molar-refractivity contribution >= 4 is 68.0 Å². The van der Waals surface area contributed by atoms with Crippen LogP contribution in [0.4, 0.5) is 5.69 Å². The average Bonchev–Trinajstić information content (AvgIpc) is 2.90. The predicted octanol–water partition coefficient (Wildman–Crippen LogP) is 5.00. The predicted molar refractivity (Wildman–Crippen MR) is 104 cm³/mol. The first-order valence-electron chi connectivity index (χ1n) is 7.28. The van der Waals surface area contributed by atoms with Crippen LogP contribution in [0.2, 0.25) is 15.1 Å². The van der Waals surface area contributed by atoms with E-state index in [1.807, 2.05) is 6.92 Å². The Morgan fingerprint density at radius 3 is 2.60 bits per heavy atom. The topological polar surface area (TPSA) is 64.0 Å². The van der Waals surface area contributed by atoms with Crippen molar-refractivity contribution in [2.45, 2.75) is 20.4 Å². The Labute approximate surface area is 162 Å². The summed E-state index contributed by atoms with van der Waals surface area (Å²) in [6, 6.07) is 2.94. The summed E-state index contributed by atoms with van der Waals surface area (Å²) < 4.78 is 1.50. The number of amides is 1. The van der Waals surface area contributed by atoms with Crippen molar-refractivity contribution in [3.05, 3.63) is 54.3 Å². The van der Waals surface area contributed by atoms with Gasteiger partial charge in [-0.2, -0.15) is 0 Å². The number of halogens is 3. The summed E-state index contributed by atoms with van der Waals surface area (Å²) in [7, 11) is 0. The molecule has 0 aliphatic carbocycles. The van der Waals surface area contributed by atoms with Gasteiger partial charge in [0.2, 0.25) is 0 Å². The maximum Gasteiger partial charge on any atom is 0.266 e. The SMILES string of the molecule is CCn1cnc2sc(C(=O)Nc3cc(Cl)c(Cl)cc3Cl)c(C)c2c1=O. The molecule has 1 N–H and O–H groups in total. The van der Waals surface area contributed by atoms with Crippen LogP contribution >= 0.6 is 46.1 Å². The number of hydrogen-bond donors (Lipinski definition) is 1. The van der Waals surface area contributed by atoms with Crippen LogP contribution in [0.3, 0.4) is 0 Å². The number of carbonyl (C=O) groups is 1. The van der Waals surface area contributed by atoms with Crippen molar-refractivity contribution in [3.63, 3.8) is 0 Å². The van der Waals surface area contributed by atoms with Gasteiger partial charge in [-0.3, -0.25) is 14.2 Å². The summed E-state index contributed by atoms with van der Waals surface area (Å²) in [5, 5.41) is 4.01. The molecule has 0 saturated heterocycles. The van der Waals surface area contributed by atoms with E-state index in [-0.39, 0.29) is 21.5 Å². The van der Waals surface area contributed by atoms with Gasteiger partial charge in [0, 0.05) is 6.54 Å². The molecule has 25 heavy (non-hydrogen) atoms. The molecule has 0 bridgehead atoms. The van der Waals surface area contributed by atoms with E-state index in [1.165, 1.54) is 23.0 Å². The number of aromatic nitrogens is 2. The van der Waals surface area contributed by atoms with Gasteiger partial charge >= 0.3 is 0 Å². The first kappa shape index (κ1) is 18.2. The maximum absolute atomic E-state index is 12.6. The third-order valence-electron chi connectivity index (χ3n) is 3.72. The lowest BCUT2D eigenvalue weighted by atomic mass is 10.2. The Morgan fingerprint density at radius 2 is 1.92 bits per heavy atom. The molecule has 2 heterocycles. The van der Waals surface area contributed by atoms with Gasteiger partial charge in [0.25, 0.3) is 11.5 Å². The first-order chi connectivity index (χ1) is 11.8. The van der Waals surface area contributed by atoms with E-state index in [9.17, 15) is 9.59 Å². The van der Waals surface area contributed by atoms with Crippen LogP contribution in [0, 0.1) is 6.92 Å². The van der Waals surface area contributed by atoms with E-state index < -0.39 is 0 Å². The minimum Gasteiger partial charge on any atom is -0.320 e. The summed E-state index contributed by atoms with van der Waals surface area (Å²) in [6.45, 7) is 4.10. The zero-order valence-electron chi connectivity index (χ0n) is 13.2. The molecular formula is C16H12Cl3N3O2S. The fourth-order valence-electron chi connectivity index (χ4n) is 2.40. The molecule has 0 saturated carbocycles. The molecule has 130 valence electrons. The smallest absolute Gasteiger partial charge is 0.266 e. The second-order valence-corrected chi connectivity index (χ2v) is 7.49. The Bertz CT molecular complexity index is 1060. The molecule has 1 amide bonds. The van der Waals surface area contributed by atoms with Gasteiger partial charge in [-0.25, -0.2) is 4.98 Å². The lowest BCUT2D eigenvalue weighted by Crippen LogP contribution is -2.19. The number of anilines is 1. The lowest BCUT2D eigenvalue weighted by molar-refractivity contribution is 0.103. The van der Waals surface area contributed by atoms with Crippen molar-refractivity contribution in [1.29, 1.82) is 0 Å². The number of aryl methyl sites for hydroxylation is 2. The van der Waals surface area contributed by atoms with E-state index in [2.05, 4.69) is 10.3 Å². The fraction of sp³-hybridized carbons (Fsp3) is 0.188. The molecule has 3 rings (SSSR count). The van der Waals surface area contributed by atoms with Gasteiger partial charge in [-0.15, -0.1) is 11.3 Å². The van der Waals surface area contributed by atoms with Crippen molar-refractivity contribution in [1.82, 2.24) is 9.55 Å².